The number of hydrogen-bond donors (Lipinski definition) is 1. The van der Waals surface area contributed by atoms with Crippen LogP contribution in [0.15, 0.2) is 30.3 Å². The summed E-state index contributed by atoms with van der Waals surface area (Å²) in [4.78, 5) is 33.4. The maximum absolute atomic E-state index is 12.9. The van der Waals surface area contributed by atoms with Crippen LogP contribution in [0.3, 0.4) is 0 Å². The Hall–Kier alpha value is -2.74. The summed E-state index contributed by atoms with van der Waals surface area (Å²) in [6.45, 7) is 6.22. The van der Waals surface area contributed by atoms with Crippen LogP contribution in [0.2, 0.25) is 0 Å². The average Bonchev–Trinajstić information content (AvgIpc) is 2.98. The highest BCUT2D eigenvalue weighted by Gasteiger charge is 2.35. The van der Waals surface area contributed by atoms with Crippen LogP contribution in [0.25, 0.3) is 0 Å². The SMILES string of the molecule is CNC(=O)C1CN(Cc2ccccc2)CCN1C(=O)Cn1nc(C)nc1C. The summed E-state index contributed by atoms with van der Waals surface area (Å²) in [5.74, 6) is 1.07. The molecule has 3 rings (SSSR count). The predicted octanol–water partition coefficient (Wildman–Crippen LogP) is 0.354. The second kappa shape index (κ2) is 8.30. The highest BCUT2D eigenvalue weighted by Crippen LogP contribution is 2.15. The molecule has 2 aromatic rings. The van der Waals surface area contributed by atoms with Gasteiger partial charge in [0, 0.05) is 33.2 Å². The zero-order chi connectivity index (χ0) is 19.4. The number of likely N-dealkylation sites (N-methyl/N-ethyl adjacent to an activating group) is 1. The molecular formula is C19H26N6O2. The summed E-state index contributed by atoms with van der Waals surface area (Å²) in [5, 5.41) is 6.94. The van der Waals surface area contributed by atoms with Crippen molar-refractivity contribution in [3.63, 3.8) is 0 Å². The average molecular weight is 370 g/mol. The molecular weight excluding hydrogens is 344 g/mol. The monoisotopic (exact) mass is 370 g/mol. The van der Waals surface area contributed by atoms with Gasteiger partial charge in [0.15, 0.2) is 0 Å². The van der Waals surface area contributed by atoms with E-state index in [2.05, 4.69) is 32.4 Å². The van der Waals surface area contributed by atoms with Crippen LogP contribution in [0.1, 0.15) is 17.2 Å². The molecule has 144 valence electrons. The van der Waals surface area contributed by atoms with Crippen molar-refractivity contribution in [2.24, 2.45) is 0 Å². The Labute approximate surface area is 159 Å². The first-order chi connectivity index (χ1) is 13.0. The minimum absolute atomic E-state index is 0.0961. The van der Waals surface area contributed by atoms with Gasteiger partial charge in [0.05, 0.1) is 0 Å². The third kappa shape index (κ3) is 4.51. The van der Waals surface area contributed by atoms with Crippen molar-refractivity contribution in [1.29, 1.82) is 0 Å². The summed E-state index contributed by atoms with van der Waals surface area (Å²) in [5.41, 5.74) is 1.20. The first kappa shape index (κ1) is 19.0. The molecule has 1 unspecified atom stereocenters. The molecule has 27 heavy (non-hydrogen) atoms. The number of nitrogens with zero attached hydrogens (tertiary/aromatic N) is 5. The lowest BCUT2D eigenvalue weighted by atomic mass is 10.1. The van der Waals surface area contributed by atoms with Crippen molar-refractivity contribution < 1.29 is 9.59 Å². The molecule has 1 atom stereocenters. The molecule has 0 aliphatic carbocycles. The lowest BCUT2D eigenvalue weighted by Crippen LogP contribution is -2.60. The van der Waals surface area contributed by atoms with Crippen LogP contribution in [0.5, 0.6) is 0 Å². The van der Waals surface area contributed by atoms with Crippen molar-refractivity contribution >= 4 is 11.8 Å². The van der Waals surface area contributed by atoms with E-state index in [1.54, 1.807) is 23.6 Å². The van der Waals surface area contributed by atoms with Crippen molar-refractivity contribution in [2.45, 2.75) is 33.0 Å². The maximum atomic E-state index is 12.9. The van der Waals surface area contributed by atoms with Crippen molar-refractivity contribution in [3.8, 4) is 0 Å². The number of carbonyl (C=O) groups excluding carboxylic acids is 2. The summed E-state index contributed by atoms with van der Waals surface area (Å²) in [6.07, 6.45) is 0. The molecule has 8 nitrogen and oxygen atoms in total. The Balaban J connectivity index is 1.70. The fraction of sp³-hybridized carbons (Fsp3) is 0.474. The van der Waals surface area contributed by atoms with Crippen LogP contribution < -0.4 is 5.32 Å². The minimum Gasteiger partial charge on any atom is -0.357 e. The maximum Gasteiger partial charge on any atom is 0.245 e. The van der Waals surface area contributed by atoms with E-state index in [1.165, 1.54) is 5.56 Å². The number of amides is 2. The second-order valence-electron chi connectivity index (χ2n) is 6.80. The molecule has 8 heteroatoms. The molecule has 2 amide bonds. The Morgan fingerprint density at radius 2 is 1.93 bits per heavy atom. The molecule has 1 N–H and O–H groups in total. The van der Waals surface area contributed by atoms with E-state index in [-0.39, 0.29) is 18.4 Å². The Kier molecular flexibility index (Phi) is 5.85. The summed E-state index contributed by atoms with van der Waals surface area (Å²) in [6, 6.07) is 9.64. The first-order valence-electron chi connectivity index (χ1n) is 9.13. The third-order valence-corrected chi connectivity index (χ3v) is 4.83. The molecule has 1 aromatic carbocycles. The third-order valence-electron chi connectivity index (χ3n) is 4.83. The Bertz CT molecular complexity index is 804. The van der Waals surface area contributed by atoms with Gasteiger partial charge in [-0.3, -0.25) is 14.5 Å². The summed E-state index contributed by atoms with van der Waals surface area (Å²) < 4.78 is 1.59. The lowest BCUT2D eigenvalue weighted by Gasteiger charge is -2.40. The first-order valence-corrected chi connectivity index (χ1v) is 9.13. The standard InChI is InChI=1S/C19H26N6O2/c1-14-21-15(2)25(22-14)13-18(26)24-10-9-23(12-17(24)19(27)20-3)11-16-7-5-4-6-8-16/h4-8,17H,9-13H2,1-3H3,(H,20,27). The molecule has 1 aliphatic heterocycles. The number of benzene rings is 1. The summed E-state index contributed by atoms with van der Waals surface area (Å²) >= 11 is 0. The van der Waals surface area contributed by atoms with Gasteiger partial charge >= 0.3 is 0 Å². The highest BCUT2D eigenvalue weighted by molar-refractivity contribution is 5.88. The van der Waals surface area contributed by atoms with Crippen LogP contribution in [0.4, 0.5) is 0 Å². The molecule has 0 bridgehead atoms. The molecule has 1 fully saturated rings. The van der Waals surface area contributed by atoms with Gasteiger partial charge in [-0.2, -0.15) is 5.10 Å². The van der Waals surface area contributed by atoms with Crippen molar-refractivity contribution in [1.82, 2.24) is 29.9 Å². The van der Waals surface area contributed by atoms with Crippen LogP contribution >= 0.6 is 0 Å². The van der Waals surface area contributed by atoms with E-state index in [0.717, 1.165) is 13.1 Å². The highest BCUT2D eigenvalue weighted by atomic mass is 16.2. The second-order valence-corrected chi connectivity index (χ2v) is 6.80. The van der Waals surface area contributed by atoms with Crippen molar-refractivity contribution in [2.75, 3.05) is 26.7 Å². The van der Waals surface area contributed by atoms with Crippen molar-refractivity contribution in [3.05, 3.63) is 47.5 Å². The van der Waals surface area contributed by atoms with E-state index >= 15 is 0 Å². The number of aromatic nitrogens is 3. The largest absolute Gasteiger partial charge is 0.357 e. The lowest BCUT2D eigenvalue weighted by molar-refractivity contribution is -0.144. The molecule has 0 saturated carbocycles. The van der Waals surface area contributed by atoms with E-state index in [0.29, 0.717) is 24.7 Å². The normalized spacial score (nSPS) is 17.7. The van der Waals surface area contributed by atoms with E-state index in [9.17, 15) is 9.59 Å². The number of carbonyl (C=O) groups is 2. The van der Waals surface area contributed by atoms with Gasteiger partial charge < -0.3 is 10.2 Å². The summed E-state index contributed by atoms with van der Waals surface area (Å²) in [7, 11) is 1.60. The Morgan fingerprint density at radius 3 is 2.56 bits per heavy atom. The van der Waals surface area contributed by atoms with Gasteiger partial charge in [0.25, 0.3) is 0 Å². The molecule has 1 aromatic heterocycles. The van der Waals surface area contributed by atoms with E-state index in [4.69, 9.17) is 0 Å². The van der Waals surface area contributed by atoms with Gasteiger partial charge in [-0.15, -0.1) is 0 Å². The fourth-order valence-corrected chi connectivity index (χ4v) is 3.44. The molecule has 0 spiro atoms. The van der Waals surface area contributed by atoms with E-state index in [1.807, 2.05) is 25.1 Å². The molecule has 2 heterocycles. The number of nitrogens with one attached hydrogen (secondary N) is 1. The quantitative estimate of drug-likeness (QED) is 0.821. The van der Waals surface area contributed by atoms with E-state index < -0.39 is 6.04 Å². The van der Waals surface area contributed by atoms with Crippen LogP contribution in [-0.4, -0.2) is 69.1 Å². The van der Waals surface area contributed by atoms with Crippen LogP contribution in [-0.2, 0) is 22.7 Å². The molecule has 1 saturated heterocycles. The molecule has 0 radical (unpaired) electrons. The fourth-order valence-electron chi connectivity index (χ4n) is 3.44. The number of piperazine rings is 1. The Morgan fingerprint density at radius 1 is 1.19 bits per heavy atom. The van der Waals surface area contributed by atoms with Gasteiger partial charge in [-0.25, -0.2) is 9.67 Å². The van der Waals surface area contributed by atoms with Gasteiger partial charge in [0.2, 0.25) is 11.8 Å². The van der Waals surface area contributed by atoms with Gasteiger partial charge in [0.1, 0.15) is 24.2 Å². The number of hydrogen-bond acceptors (Lipinski definition) is 5. The van der Waals surface area contributed by atoms with Gasteiger partial charge in [-0.1, -0.05) is 30.3 Å². The zero-order valence-electron chi connectivity index (χ0n) is 16.1. The topological polar surface area (TPSA) is 83.4 Å². The van der Waals surface area contributed by atoms with Gasteiger partial charge in [-0.05, 0) is 19.4 Å². The zero-order valence-corrected chi connectivity index (χ0v) is 16.1. The smallest absolute Gasteiger partial charge is 0.245 e. The number of aryl methyl sites for hydroxylation is 2. The van der Waals surface area contributed by atoms with Crippen LogP contribution in [0, 0.1) is 13.8 Å². The molecule has 1 aliphatic rings. The predicted molar refractivity (Wildman–Crippen MR) is 101 cm³/mol. The minimum atomic E-state index is -0.509. The number of rotatable bonds is 5.